The first-order valence-electron chi connectivity index (χ1n) is 7.58. The van der Waals surface area contributed by atoms with Crippen molar-refractivity contribution in [2.24, 2.45) is 0 Å². The average molecular weight is 344 g/mol. The molecule has 0 aliphatic rings. The summed E-state index contributed by atoms with van der Waals surface area (Å²) in [6, 6.07) is 18.7. The topological polar surface area (TPSA) is 75.3 Å². The van der Waals surface area contributed by atoms with Gasteiger partial charge in [0.15, 0.2) is 0 Å². The summed E-state index contributed by atoms with van der Waals surface area (Å²) < 4.78 is 26.1. The quantitative estimate of drug-likeness (QED) is 0.771. The van der Waals surface area contributed by atoms with Crippen LogP contribution in [0.25, 0.3) is 6.08 Å². The van der Waals surface area contributed by atoms with Crippen molar-refractivity contribution in [3.05, 3.63) is 77.2 Å². The number of carbonyl (C=O) groups excluding carboxylic acids is 1. The highest BCUT2D eigenvalue weighted by atomic mass is 32.2. The number of amides is 1. The van der Waals surface area contributed by atoms with Crippen LogP contribution in [0.5, 0.6) is 0 Å². The second kappa shape index (κ2) is 9.00. The third-order valence-corrected chi connectivity index (χ3v) is 4.33. The lowest BCUT2D eigenvalue weighted by atomic mass is 10.2. The fourth-order valence-corrected chi connectivity index (χ4v) is 2.79. The lowest BCUT2D eigenvalue weighted by Crippen LogP contribution is -2.29. The van der Waals surface area contributed by atoms with Crippen molar-refractivity contribution in [2.45, 2.75) is 13.0 Å². The third-order valence-electron chi connectivity index (χ3n) is 3.23. The molecule has 6 heteroatoms. The zero-order chi connectivity index (χ0) is 17.3. The second-order valence-corrected chi connectivity index (χ2v) is 6.82. The lowest BCUT2D eigenvalue weighted by molar-refractivity contribution is -0.121. The molecule has 2 aromatic rings. The van der Waals surface area contributed by atoms with Crippen LogP contribution in [0.4, 0.5) is 0 Å². The summed E-state index contributed by atoms with van der Waals surface area (Å²) in [4.78, 5) is 11.7. The van der Waals surface area contributed by atoms with Gasteiger partial charge in [-0.25, -0.2) is 13.1 Å². The van der Waals surface area contributed by atoms with E-state index in [-0.39, 0.29) is 18.9 Å². The minimum Gasteiger partial charge on any atom is -0.352 e. The van der Waals surface area contributed by atoms with E-state index in [2.05, 4.69) is 10.0 Å². The summed E-state index contributed by atoms with van der Waals surface area (Å²) in [7, 11) is -3.55. The van der Waals surface area contributed by atoms with Gasteiger partial charge >= 0.3 is 0 Å². The molecule has 0 heterocycles. The maximum atomic E-state index is 11.8. The first kappa shape index (κ1) is 17.9. The highest BCUT2D eigenvalue weighted by Crippen LogP contribution is 2.02. The van der Waals surface area contributed by atoms with Crippen molar-refractivity contribution in [3.8, 4) is 0 Å². The molecule has 0 aliphatic carbocycles. The molecule has 0 saturated heterocycles. The highest BCUT2D eigenvalue weighted by Gasteiger charge is 2.07. The Morgan fingerprint density at radius 3 is 2.25 bits per heavy atom. The van der Waals surface area contributed by atoms with Crippen LogP contribution in [0.1, 0.15) is 17.5 Å². The van der Waals surface area contributed by atoms with Crippen LogP contribution in [-0.2, 0) is 21.4 Å². The molecule has 0 fully saturated rings. The molecular weight excluding hydrogens is 324 g/mol. The van der Waals surface area contributed by atoms with E-state index >= 15 is 0 Å². The van der Waals surface area contributed by atoms with Crippen LogP contribution in [0, 0.1) is 0 Å². The fraction of sp³-hybridized carbons (Fsp3) is 0.167. The predicted molar refractivity (Wildman–Crippen MR) is 95.3 cm³/mol. The van der Waals surface area contributed by atoms with Crippen LogP contribution < -0.4 is 10.0 Å². The third kappa shape index (κ3) is 6.76. The fourth-order valence-electron chi connectivity index (χ4n) is 1.97. The van der Waals surface area contributed by atoms with Crippen LogP contribution in [0.3, 0.4) is 0 Å². The van der Waals surface area contributed by atoms with E-state index in [1.165, 1.54) is 6.08 Å². The molecule has 0 saturated carbocycles. The highest BCUT2D eigenvalue weighted by molar-refractivity contribution is 7.92. The molecule has 0 radical (unpaired) electrons. The van der Waals surface area contributed by atoms with Crippen molar-refractivity contribution in [1.29, 1.82) is 0 Å². The van der Waals surface area contributed by atoms with Crippen LogP contribution >= 0.6 is 0 Å². The van der Waals surface area contributed by atoms with Gasteiger partial charge < -0.3 is 5.32 Å². The Hall–Kier alpha value is -2.44. The van der Waals surface area contributed by atoms with E-state index in [1.807, 2.05) is 60.7 Å². The molecule has 2 N–H and O–H groups in total. The molecule has 0 bridgehead atoms. The molecule has 2 rings (SSSR count). The maximum absolute atomic E-state index is 11.8. The minimum absolute atomic E-state index is 0.0576. The molecule has 0 aromatic heterocycles. The van der Waals surface area contributed by atoms with Gasteiger partial charge in [0.1, 0.15) is 0 Å². The zero-order valence-corrected chi connectivity index (χ0v) is 14.0. The lowest BCUT2D eigenvalue weighted by Gasteiger charge is -2.06. The van der Waals surface area contributed by atoms with E-state index in [4.69, 9.17) is 0 Å². The number of rotatable bonds is 8. The van der Waals surface area contributed by atoms with Crippen molar-refractivity contribution in [2.75, 3.05) is 6.54 Å². The smallest absolute Gasteiger partial charge is 0.233 e. The number of nitrogens with one attached hydrogen (secondary N) is 2. The Bertz CT molecular complexity index is 772. The summed E-state index contributed by atoms with van der Waals surface area (Å²) in [5.74, 6) is -0.200. The summed E-state index contributed by atoms with van der Waals surface area (Å²) in [5, 5.41) is 3.85. The monoisotopic (exact) mass is 344 g/mol. The van der Waals surface area contributed by atoms with E-state index in [0.29, 0.717) is 6.54 Å². The largest absolute Gasteiger partial charge is 0.352 e. The number of hydrogen-bond acceptors (Lipinski definition) is 3. The van der Waals surface area contributed by atoms with Gasteiger partial charge in [0, 0.05) is 24.9 Å². The first-order chi connectivity index (χ1) is 11.6. The molecule has 0 spiro atoms. The van der Waals surface area contributed by atoms with Gasteiger partial charge in [-0.1, -0.05) is 60.7 Å². The second-order valence-electron chi connectivity index (χ2n) is 5.17. The molecule has 0 aliphatic heterocycles. The molecule has 0 atom stereocenters. The van der Waals surface area contributed by atoms with Gasteiger partial charge in [-0.05, 0) is 17.2 Å². The predicted octanol–water partition coefficient (Wildman–Crippen LogP) is 2.28. The minimum atomic E-state index is -3.55. The molecule has 0 unspecified atom stereocenters. The number of sulfonamides is 1. The summed E-state index contributed by atoms with van der Waals surface area (Å²) in [6.07, 6.45) is 1.60. The van der Waals surface area contributed by atoms with Crippen LogP contribution in [0.15, 0.2) is 66.1 Å². The molecule has 5 nitrogen and oxygen atoms in total. The van der Waals surface area contributed by atoms with Gasteiger partial charge in [-0.3, -0.25) is 4.79 Å². The van der Waals surface area contributed by atoms with E-state index in [9.17, 15) is 13.2 Å². The van der Waals surface area contributed by atoms with Crippen molar-refractivity contribution >= 4 is 22.0 Å². The van der Waals surface area contributed by atoms with E-state index < -0.39 is 10.0 Å². The van der Waals surface area contributed by atoms with Gasteiger partial charge in [-0.2, -0.15) is 0 Å². The van der Waals surface area contributed by atoms with E-state index in [0.717, 1.165) is 16.5 Å². The number of benzene rings is 2. The number of hydrogen-bond donors (Lipinski definition) is 2. The summed E-state index contributed by atoms with van der Waals surface area (Å²) >= 11 is 0. The SMILES string of the molecule is O=C(CCNS(=O)(=O)C=Cc1ccccc1)NCc1ccccc1. The van der Waals surface area contributed by atoms with Gasteiger partial charge in [0.25, 0.3) is 0 Å². The Morgan fingerprint density at radius 1 is 0.958 bits per heavy atom. The van der Waals surface area contributed by atoms with Gasteiger partial charge in [0.2, 0.25) is 15.9 Å². The Balaban J connectivity index is 1.72. The van der Waals surface area contributed by atoms with Gasteiger partial charge in [0.05, 0.1) is 0 Å². The first-order valence-corrected chi connectivity index (χ1v) is 9.13. The Labute approximate surface area is 142 Å². The Kier molecular flexibility index (Phi) is 6.72. The Morgan fingerprint density at radius 2 is 1.58 bits per heavy atom. The molecule has 1 amide bonds. The number of carbonyl (C=O) groups is 1. The maximum Gasteiger partial charge on any atom is 0.233 e. The standard InChI is InChI=1S/C18H20N2O3S/c21-18(19-15-17-9-5-2-6-10-17)11-13-20-24(22,23)14-12-16-7-3-1-4-8-16/h1-10,12,14,20H,11,13,15H2,(H,19,21). The zero-order valence-electron chi connectivity index (χ0n) is 13.2. The summed E-state index contributed by atoms with van der Waals surface area (Å²) in [5.41, 5.74) is 1.79. The van der Waals surface area contributed by atoms with E-state index in [1.54, 1.807) is 0 Å². The normalized spacial score (nSPS) is 11.5. The summed E-state index contributed by atoms with van der Waals surface area (Å²) in [6.45, 7) is 0.489. The van der Waals surface area contributed by atoms with Crippen LogP contribution in [-0.4, -0.2) is 20.9 Å². The average Bonchev–Trinajstić information content (AvgIpc) is 2.60. The van der Waals surface area contributed by atoms with Crippen molar-refractivity contribution in [1.82, 2.24) is 10.0 Å². The molecule has 2 aromatic carbocycles. The van der Waals surface area contributed by atoms with Crippen molar-refractivity contribution in [3.63, 3.8) is 0 Å². The van der Waals surface area contributed by atoms with Gasteiger partial charge in [-0.15, -0.1) is 0 Å². The molecule has 24 heavy (non-hydrogen) atoms. The van der Waals surface area contributed by atoms with Crippen molar-refractivity contribution < 1.29 is 13.2 Å². The molecule has 126 valence electrons. The molecular formula is C18H20N2O3S. The van der Waals surface area contributed by atoms with Crippen LogP contribution in [0.2, 0.25) is 0 Å².